The van der Waals surface area contributed by atoms with Gasteiger partial charge in [0.1, 0.15) is 5.82 Å². The molecule has 0 saturated heterocycles. The summed E-state index contributed by atoms with van der Waals surface area (Å²) in [5.74, 6) is -1.58. The van der Waals surface area contributed by atoms with Crippen LogP contribution in [0.25, 0.3) is 0 Å². The van der Waals surface area contributed by atoms with Crippen molar-refractivity contribution in [2.24, 2.45) is 11.1 Å². The number of halogens is 4. The fourth-order valence-electron chi connectivity index (χ4n) is 1.18. The molecule has 0 aliphatic carbocycles. The average Bonchev–Trinajstić information content (AvgIpc) is 2.30. The zero-order valence-electron chi connectivity index (χ0n) is 10.4. The molecule has 0 saturated carbocycles. The third-order valence-electron chi connectivity index (χ3n) is 2.67. The van der Waals surface area contributed by atoms with Gasteiger partial charge < -0.3 is 11.1 Å². The molecule has 0 bridgehead atoms. The van der Waals surface area contributed by atoms with Crippen molar-refractivity contribution in [1.29, 1.82) is 0 Å². The molecule has 0 aliphatic rings. The SMILES string of the molecule is CC(C)(CN)C(=O)Nc1cc(C(F)(F)F)ccc1F. The number of carbonyl (C=O) groups is 1. The highest BCUT2D eigenvalue weighted by Gasteiger charge is 2.32. The lowest BCUT2D eigenvalue weighted by molar-refractivity contribution is -0.137. The van der Waals surface area contributed by atoms with E-state index in [4.69, 9.17) is 5.73 Å². The number of nitrogens with one attached hydrogen (secondary N) is 1. The van der Waals surface area contributed by atoms with Gasteiger partial charge in [-0.25, -0.2) is 4.39 Å². The van der Waals surface area contributed by atoms with Crippen molar-refractivity contribution in [3.8, 4) is 0 Å². The number of amides is 1. The van der Waals surface area contributed by atoms with E-state index in [0.29, 0.717) is 18.2 Å². The number of anilines is 1. The first kappa shape index (κ1) is 15.4. The first-order valence-electron chi connectivity index (χ1n) is 5.46. The van der Waals surface area contributed by atoms with Crippen molar-refractivity contribution in [1.82, 2.24) is 0 Å². The Labute approximate surface area is 107 Å². The standard InChI is InChI=1S/C12H14F4N2O/c1-11(2,6-17)10(19)18-9-5-7(12(14,15)16)3-4-8(9)13/h3-5H,6,17H2,1-2H3,(H,18,19). The molecule has 0 spiro atoms. The van der Waals surface area contributed by atoms with Gasteiger partial charge in [-0.05, 0) is 32.0 Å². The lowest BCUT2D eigenvalue weighted by Crippen LogP contribution is -2.37. The summed E-state index contributed by atoms with van der Waals surface area (Å²) in [5, 5.41) is 2.12. The van der Waals surface area contributed by atoms with E-state index in [9.17, 15) is 22.4 Å². The lowest BCUT2D eigenvalue weighted by atomic mass is 9.92. The van der Waals surface area contributed by atoms with Gasteiger partial charge in [-0.3, -0.25) is 4.79 Å². The Morgan fingerprint density at radius 1 is 1.32 bits per heavy atom. The molecule has 1 aromatic rings. The van der Waals surface area contributed by atoms with E-state index in [2.05, 4.69) is 5.32 Å². The highest BCUT2D eigenvalue weighted by molar-refractivity contribution is 5.95. The largest absolute Gasteiger partial charge is 0.416 e. The molecule has 0 fully saturated rings. The summed E-state index contributed by atoms with van der Waals surface area (Å²) >= 11 is 0. The molecule has 7 heteroatoms. The first-order valence-corrected chi connectivity index (χ1v) is 5.46. The summed E-state index contributed by atoms with van der Waals surface area (Å²) in [6.07, 6.45) is -4.60. The average molecular weight is 278 g/mol. The summed E-state index contributed by atoms with van der Waals surface area (Å²) in [6, 6.07) is 1.83. The number of hydrogen-bond donors (Lipinski definition) is 2. The molecule has 1 aromatic carbocycles. The zero-order chi connectivity index (χ0) is 14.8. The van der Waals surface area contributed by atoms with Crippen molar-refractivity contribution >= 4 is 11.6 Å². The highest BCUT2D eigenvalue weighted by Crippen LogP contribution is 2.32. The van der Waals surface area contributed by atoms with Crippen LogP contribution in [0.5, 0.6) is 0 Å². The molecule has 106 valence electrons. The van der Waals surface area contributed by atoms with Crippen LogP contribution in [0.4, 0.5) is 23.2 Å². The van der Waals surface area contributed by atoms with Crippen LogP contribution in [0.2, 0.25) is 0 Å². The molecule has 0 atom stereocenters. The van der Waals surface area contributed by atoms with Gasteiger partial charge in [-0.15, -0.1) is 0 Å². The van der Waals surface area contributed by atoms with Gasteiger partial charge in [0.25, 0.3) is 0 Å². The van der Waals surface area contributed by atoms with Gasteiger partial charge in [-0.2, -0.15) is 13.2 Å². The molecule has 3 nitrogen and oxygen atoms in total. The minimum atomic E-state index is -4.60. The minimum absolute atomic E-state index is 0.0145. The Morgan fingerprint density at radius 2 is 1.89 bits per heavy atom. The van der Waals surface area contributed by atoms with Crippen LogP contribution in [0, 0.1) is 11.2 Å². The van der Waals surface area contributed by atoms with Crippen LogP contribution in [0.3, 0.4) is 0 Å². The molecule has 0 aliphatic heterocycles. The predicted molar refractivity (Wildman–Crippen MR) is 62.9 cm³/mol. The van der Waals surface area contributed by atoms with Gasteiger partial charge in [0, 0.05) is 6.54 Å². The molecule has 0 radical (unpaired) electrons. The number of hydrogen-bond acceptors (Lipinski definition) is 2. The van der Waals surface area contributed by atoms with Crippen LogP contribution in [0.1, 0.15) is 19.4 Å². The second-order valence-corrected chi connectivity index (χ2v) is 4.73. The van der Waals surface area contributed by atoms with E-state index in [1.807, 2.05) is 0 Å². The van der Waals surface area contributed by atoms with Crippen LogP contribution >= 0.6 is 0 Å². The molecule has 0 unspecified atom stereocenters. The molecule has 3 N–H and O–H groups in total. The minimum Gasteiger partial charge on any atom is -0.329 e. The van der Waals surface area contributed by atoms with Gasteiger partial charge in [-0.1, -0.05) is 0 Å². The van der Waals surface area contributed by atoms with Gasteiger partial charge in [0.05, 0.1) is 16.7 Å². The van der Waals surface area contributed by atoms with Crippen molar-refractivity contribution in [2.75, 3.05) is 11.9 Å². The molecule has 0 heterocycles. The second kappa shape index (κ2) is 5.16. The van der Waals surface area contributed by atoms with Gasteiger partial charge >= 0.3 is 6.18 Å². The number of rotatable bonds is 3. The Bertz CT molecular complexity index is 483. The summed E-state index contributed by atoms with van der Waals surface area (Å²) in [7, 11) is 0. The number of alkyl halides is 3. The van der Waals surface area contributed by atoms with E-state index >= 15 is 0 Å². The fourth-order valence-corrected chi connectivity index (χ4v) is 1.18. The molecule has 1 amide bonds. The Morgan fingerprint density at radius 3 is 2.37 bits per heavy atom. The third-order valence-corrected chi connectivity index (χ3v) is 2.67. The molecule has 1 rings (SSSR count). The molecular weight excluding hydrogens is 264 g/mol. The third kappa shape index (κ3) is 3.66. The van der Waals surface area contributed by atoms with Crippen molar-refractivity contribution in [3.05, 3.63) is 29.6 Å². The van der Waals surface area contributed by atoms with Crippen LogP contribution < -0.4 is 11.1 Å². The highest BCUT2D eigenvalue weighted by atomic mass is 19.4. The maximum atomic E-state index is 13.4. The normalized spacial score (nSPS) is 12.4. The van der Waals surface area contributed by atoms with Gasteiger partial charge in [0.15, 0.2) is 0 Å². The maximum Gasteiger partial charge on any atom is 0.416 e. The number of benzene rings is 1. The summed E-state index contributed by atoms with van der Waals surface area (Å²) in [6.45, 7) is 3.00. The second-order valence-electron chi connectivity index (χ2n) is 4.73. The smallest absolute Gasteiger partial charge is 0.329 e. The van der Waals surface area contributed by atoms with Crippen molar-refractivity contribution in [3.63, 3.8) is 0 Å². The molecule has 0 aromatic heterocycles. The van der Waals surface area contributed by atoms with Crippen LogP contribution in [-0.4, -0.2) is 12.5 Å². The first-order chi connectivity index (χ1) is 8.58. The fraction of sp³-hybridized carbons (Fsp3) is 0.417. The van der Waals surface area contributed by atoms with E-state index in [1.54, 1.807) is 0 Å². The quantitative estimate of drug-likeness (QED) is 0.835. The lowest BCUT2D eigenvalue weighted by Gasteiger charge is -2.21. The van der Waals surface area contributed by atoms with Crippen molar-refractivity contribution in [2.45, 2.75) is 20.0 Å². The van der Waals surface area contributed by atoms with Crippen LogP contribution in [-0.2, 0) is 11.0 Å². The Hall–Kier alpha value is -1.63. The molecular formula is C12H14F4N2O. The summed E-state index contributed by atoms with van der Waals surface area (Å²) in [4.78, 5) is 11.7. The summed E-state index contributed by atoms with van der Waals surface area (Å²) in [5.41, 5.74) is 2.82. The van der Waals surface area contributed by atoms with Crippen LogP contribution in [0.15, 0.2) is 18.2 Å². The topological polar surface area (TPSA) is 55.1 Å². The monoisotopic (exact) mass is 278 g/mol. The maximum absolute atomic E-state index is 13.4. The van der Waals surface area contributed by atoms with E-state index < -0.39 is 34.6 Å². The van der Waals surface area contributed by atoms with E-state index in [1.165, 1.54) is 13.8 Å². The zero-order valence-corrected chi connectivity index (χ0v) is 10.4. The number of nitrogens with two attached hydrogens (primary N) is 1. The van der Waals surface area contributed by atoms with Crippen molar-refractivity contribution < 1.29 is 22.4 Å². The van der Waals surface area contributed by atoms with E-state index in [-0.39, 0.29) is 6.54 Å². The summed E-state index contributed by atoms with van der Waals surface area (Å²) < 4.78 is 50.8. The predicted octanol–water partition coefficient (Wildman–Crippen LogP) is 2.77. The van der Waals surface area contributed by atoms with Gasteiger partial charge in [0.2, 0.25) is 5.91 Å². The molecule has 19 heavy (non-hydrogen) atoms. The van der Waals surface area contributed by atoms with E-state index in [0.717, 1.165) is 0 Å². The number of carbonyl (C=O) groups excluding carboxylic acids is 1. The Kier molecular flexibility index (Phi) is 4.19. The Balaban J connectivity index is 3.05.